The number of hydrogen-bond acceptors (Lipinski definition) is 2. The summed E-state index contributed by atoms with van der Waals surface area (Å²) in [6.07, 6.45) is 0. The molecule has 0 aliphatic rings. The second-order valence-electron chi connectivity index (χ2n) is 15.5. The fourth-order valence-electron chi connectivity index (χ4n) is 7.39. The Labute approximate surface area is 298 Å². The van der Waals surface area contributed by atoms with Crippen LogP contribution in [0.3, 0.4) is 0 Å². The normalized spacial score (nSPS) is 12.2. The highest BCUT2D eigenvalue weighted by Crippen LogP contribution is 2.47. The summed E-state index contributed by atoms with van der Waals surface area (Å²) in [5.74, 6) is 0. The first-order valence-corrected chi connectivity index (χ1v) is 24.7. The summed E-state index contributed by atoms with van der Waals surface area (Å²) in [4.78, 5) is 4.91. The minimum atomic E-state index is -1.54. The fourth-order valence-corrected chi connectivity index (χ4v) is 9.75. The molecule has 0 saturated heterocycles. The van der Waals surface area contributed by atoms with E-state index >= 15 is 0 Å². The van der Waals surface area contributed by atoms with E-state index in [1.165, 1.54) is 65.4 Å². The van der Waals surface area contributed by atoms with Crippen LogP contribution in [0, 0.1) is 0 Å². The molecule has 8 aromatic rings. The van der Waals surface area contributed by atoms with Gasteiger partial charge in [-0.1, -0.05) is 147 Å². The zero-order chi connectivity index (χ0) is 34.6. The van der Waals surface area contributed by atoms with Crippen LogP contribution in [0.5, 0.6) is 0 Å². The van der Waals surface area contributed by atoms with Crippen molar-refractivity contribution in [1.29, 1.82) is 0 Å². The van der Waals surface area contributed by atoms with Crippen molar-refractivity contribution in [2.45, 2.75) is 39.3 Å². The van der Waals surface area contributed by atoms with Crippen LogP contribution in [-0.4, -0.2) is 16.1 Å². The molecular formula is C46H44N2Si2. The third kappa shape index (κ3) is 5.68. The second-order valence-corrected chi connectivity index (χ2v) is 25.7. The van der Waals surface area contributed by atoms with Crippen LogP contribution in [0.1, 0.15) is 0 Å². The molecule has 246 valence electrons. The minimum absolute atomic E-state index is 1.16. The summed E-state index contributed by atoms with van der Waals surface area (Å²) in [5, 5.41) is 10.6. The van der Waals surface area contributed by atoms with E-state index in [2.05, 4.69) is 207 Å². The zero-order valence-electron chi connectivity index (χ0n) is 29.9. The molecule has 0 saturated carbocycles. The molecule has 0 atom stereocenters. The summed E-state index contributed by atoms with van der Waals surface area (Å²) < 4.78 is 0. The highest BCUT2D eigenvalue weighted by molar-refractivity contribution is 6.89. The Hall–Kier alpha value is -5.17. The van der Waals surface area contributed by atoms with Gasteiger partial charge in [0, 0.05) is 33.5 Å². The topological polar surface area (TPSA) is 6.48 Å². The van der Waals surface area contributed by atoms with Gasteiger partial charge >= 0.3 is 0 Å². The monoisotopic (exact) mass is 680 g/mol. The average molecular weight is 681 g/mol. The second kappa shape index (κ2) is 12.3. The van der Waals surface area contributed by atoms with Crippen molar-refractivity contribution >= 4 is 93.0 Å². The van der Waals surface area contributed by atoms with E-state index in [0.29, 0.717) is 0 Å². The highest BCUT2D eigenvalue weighted by atomic mass is 28.3. The number of benzene rings is 8. The quantitative estimate of drug-likeness (QED) is 0.116. The standard InChI is InChI=1S/C46H44N2Si2/c1-49(2,3)39-21-13-19-37(31-39)47(35-15-9-7-10-16-35)43-29-25-33-24-28-42-44(30-26-34-23-27-41(43)45(33)46(34)42)48(36-17-11-8-12-18-36)38-20-14-22-40(32-38)50(4,5)6/h7-32H,1-6H3. The van der Waals surface area contributed by atoms with Gasteiger partial charge in [-0.15, -0.1) is 0 Å². The molecular weight excluding hydrogens is 637 g/mol. The van der Waals surface area contributed by atoms with Crippen LogP contribution in [0.25, 0.3) is 32.3 Å². The SMILES string of the molecule is C[Si](C)(C)c1cccc(N(c2ccccc2)c2ccc3ccc4c(N(c5ccccc5)c5cccc([Si](C)(C)C)c5)ccc5ccc2c3c54)c1. The third-order valence-electron chi connectivity index (χ3n) is 10.1. The van der Waals surface area contributed by atoms with Gasteiger partial charge in [0.15, 0.2) is 0 Å². The van der Waals surface area contributed by atoms with Crippen molar-refractivity contribution in [3.05, 3.63) is 158 Å². The maximum atomic E-state index is 2.45. The van der Waals surface area contributed by atoms with Gasteiger partial charge in [-0.25, -0.2) is 0 Å². The van der Waals surface area contributed by atoms with E-state index in [9.17, 15) is 0 Å². The lowest BCUT2D eigenvalue weighted by atomic mass is 9.91. The number of para-hydroxylation sites is 2. The highest BCUT2D eigenvalue weighted by Gasteiger charge is 2.24. The van der Waals surface area contributed by atoms with Crippen LogP contribution in [0.15, 0.2) is 158 Å². The molecule has 0 bridgehead atoms. The van der Waals surface area contributed by atoms with Crippen molar-refractivity contribution in [2.24, 2.45) is 0 Å². The Morgan fingerprint density at radius 3 is 1.08 bits per heavy atom. The summed E-state index contributed by atoms with van der Waals surface area (Å²) in [6, 6.07) is 58.7. The summed E-state index contributed by atoms with van der Waals surface area (Å²) in [7, 11) is -3.07. The molecule has 0 fully saturated rings. The van der Waals surface area contributed by atoms with Gasteiger partial charge in [0.1, 0.15) is 0 Å². The van der Waals surface area contributed by atoms with E-state index in [4.69, 9.17) is 0 Å². The first-order chi connectivity index (χ1) is 24.1. The maximum absolute atomic E-state index is 2.45. The Kier molecular flexibility index (Phi) is 7.89. The minimum Gasteiger partial charge on any atom is -0.310 e. The zero-order valence-corrected chi connectivity index (χ0v) is 31.9. The largest absolute Gasteiger partial charge is 0.310 e. The van der Waals surface area contributed by atoms with E-state index in [-0.39, 0.29) is 0 Å². The van der Waals surface area contributed by atoms with E-state index in [1.54, 1.807) is 0 Å². The molecule has 0 heterocycles. The summed E-state index contributed by atoms with van der Waals surface area (Å²) in [5.41, 5.74) is 7.11. The van der Waals surface area contributed by atoms with Gasteiger partial charge in [-0.3, -0.25) is 0 Å². The maximum Gasteiger partial charge on any atom is 0.0776 e. The average Bonchev–Trinajstić information content (AvgIpc) is 3.12. The lowest BCUT2D eigenvalue weighted by Crippen LogP contribution is -2.37. The molecule has 0 radical (unpaired) electrons. The van der Waals surface area contributed by atoms with Gasteiger partial charge in [-0.05, 0) is 82.2 Å². The third-order valence-corrected chi connectivity index (χ3v) is 14.2. The molecule has 0 spiro atoms. The smallest absolute Gasteiger partial charge is 0.0776 e. The Bertz CT molecular complexity index is 2280. The summed E-state index contributed by atoms with van der Waals surface area (Å²) >= 11 is 0. The van der Waals surface area contributed by atoms with Crippen LogP contribution >= 0.6 is 0 Å². The van der Waals surface area contributed by atoms with E-state index < -0.39 is 16.1 Å². The van der Waals surface area contributed by atoms with E-state index in [0.717, 1.165) is 11.4 Å². The Balaban J connectivity index is 1.39. The van der Waals surface area contributed by atoms with Crippen molar-refractivity contribution in [1.82, 2.24) is 0 Å². The molecule has 0 aliphatic carbocycles. The fraction of sp³-hybridized carbons (Fsp3) is 0.130. The van der Waals surface area contributed by atoms with Crippen molar-refractivity contribution < 1.29 is 0 Å². The van der Waals surface area contributed by atoms with Crippen LogP contribution in [0.2, 0.25) is 39.3 Å². The van der Waals surface area contributed by atoms with Crippen LogP contribution in [0.4, 0.5) is 34.1 Å². The Morgan fingerprint density at radius 2 is 0.700 bits per heavy atom. The Morgan fingerprint density at radius 1 is 0.340 bits per heavy atom. The lowest BCUT2D eigenvalue weighted by Gasteiger charge is -2.30. The predicted molar refractivity (Wildman–Crippen MR) is 225 cm³/mol. The molecule has 0 amide bonds. The molecule has 4 heteroatoms. The van der Waals surface area contributed by atoms with Gasteiger partial charge in [0.25, 0.3) is 0 Å². The molecule has 0 aromatic heterocycles. The lowest BCUT2D eigenvalue weighted by molar-refractivity contribution is 1.30. The summed E-state index contributed by atoms with van der Waals surface area (Å²) in [6.45, 7) is 14.5. The van der Waals surface area contributed by atoms with Crippen molar-refractivity contribution in [2.75, 3.05) is 9.80 Å². The van der Waals surface area contributed by atoms with Gasteiger partial charge in [0.05, 0.1) is 27.5 Å². The molecule has 50 heavy (non-hydrogen) atoms. The number of nitrogens with zero attached hydrogens (tertiary/aromatic N) is 2. The van der Waals surface area contributed by atoms with E-state index in [1.807, 2.05) is 0 Å². The van der Waals surface area contributed by atoms with Gasteiger partial charge in [0.2, 0.25) is 0 Å². The number of rotatable bonds is 8. The molecule has 0 aliphatic heterocycles. The molecule has 2 nitrogen and oxygen atoms in total. The van der Waals surface area contributed by atoms with Gasteiger partial charge in [-0.2, -0.15) is 0 Å². The predicted octanol–water partition coefficient (Wildman–Crippen LogP) is 12.6. The first-order valence-electron chi connectivity index (χ1n) is 17.7. The molecule has 8 rings (SSSR count). The van der Waals surface area contributed by atoms with Gasteiger partial charge < -0.3 is 9.80 Å². The first kappa shape index (κ1) is 32.1. The number of anilines is 6. The van der Waals surface area contributed by atoms with Crippen LogP contribution in [-0.2, 0) is 0 Å². The molecule has 0 N–H and O–H groups in total. The molecule has 8 aromatic carbocycles. The van der Waals surface area contributed by atoms with Crippen LogP contribution < -0.4 is 20.2 Å². The number of hydrogen-bond donors (Lipinski definition) is 0. The van der Waals surface area contributed by atoms with Crippen molar-refractivity contribution in [3.8, 4) is 0 Å². The van der Waals surface area contributed by atoms with Crippen molar-refractivity contribution in [3.63, 3.8) is 0 Å². The molecule has 0 unspecified atom stereocenters.